The van der Waals surface area contributed by atoms with Crippen molar-refractivity contribution in [1.82, 2.24) is 10.2 Å². The van der Waals surface area contributed by atoms with E-state index in [9.17, 15) is 14.7 Å². The molecule has 0 bridgehead atoms. The summed E-state index contributed by atoms with van der Waals surface area (Å²) in [6.45, 7) is 1.15. The van der Waals surface area contributed by atoms with Gasteiger partial charge in [0.2, 0.25) is 5.91 Å². The number of carboxylic acid groups (broad SMARTS) is 1. The number of rotatable bonds is 6. The Labute approximate surface area is 99.4 Å². The highest BCUT2D eigenvalue weighted by atomic mass is 16.5. The Morgan fingerprint density at radius 1 is 1.53 bits per heavy atom. The van der Waals surface area contributed by atoms with E-state index in [1.165, 1.54) is 4.90 Å². The molecule has 98 valence electrons. The van der Waals surface area contributed by atoms with Crippen LogP contribution in [0, 0.1) is 0 Å². The van der Waals surface area contributed by atoms with Gasteiger partial charge in [-0.1, -0.05) is 0 Å². The Morgan fingerprint density at radius 2 is 2.24 bits per heavy atom. The van der Waals surface area contributed by atoms with E-state index in [2.05, 4.69) is 5.32 Å². The number of amides is 1. The standard InChI is InChI=1S/C10H18N2O5/c1-17-3-2-11-5-9(14)12-6-7(13)4-8(12)10(15)16/h7-8,11,13H,2-6H2,1H3,(H,15,16)/t7-,8-/m0/s1. The van der Waals surface area contributed by atoms with Crippen molar-refractivity contribution < 1.29 is 24.5 Å². The van der Waals surface area contributed by atoms with Gasteiger partial charge in [-0.05, 0) is 0 Å². The topological polar surface area (TPSA) is 99.1 Å². The highest BCUT2D eigenvalue weighted by Crippen LogP contribution is 2.17. The van der Waals surface area contributed by atoms with Crippen molar-refractivity contribution in [1.29, 1.82) is 0 Å². The van der Waals surface area contributed by atoms with Gasteiger partial charge in [-0.15, -0.1) is 0 Å². The molecule has 1 rings (SSSR count). The number of aliphatic carboxylic acids is 1. The molecule has 7 nitrogen and oxygen atoms in total. The fraction of sp³-hybridized carbons (Fsp3) is 0.800. The summed E-state index contributed by atoms with van der Waals surface area (Å²) in [5, 5.41) is 21.1. The second kappa shape index (κ2) is 6.53. The maximum Gasteiger partial charge on any atom is 0.326 e. The fourth-order valence-electron chi connectivity index (χ4n) is 1.79. The molecule has 7 heteroatoms. The second-order valence-corrected chi connectivity index (χ2v) is 3.96. The van der Waals surface area contributed by atoms with Crippen LogP contribution in [-0.2, 0) is 14.3 Å². The Morgan fingerprint density at radius 3 is 2.82 bits per heavy atom. The highest BCUT2D eigenvalue weighted by molar-refractivity contribution is 5.85. The van der Waals surface area contributed by atoms with Crippen LogP contribution in [-0.4, -0.2) is 72.5 Å². The molecule has 0 aromatic rings. The predicted octanol–water partition coefficient (Wildman–Crippen LogP) is -1.73. The third kappa shape index (κ3) is 3.95. The summed E-state index contributed by atoms with van der Waals surface area (Å²) in [7, 11) is 1.56. The van der Waals surface area contributed by atoms with Crippen LogP contribution in [0.3, 0.4) is 0 Å². The van der Waals surface area contributed by atoms with Gasteiger partial charge in [-0.3, -0.25) is 4.79 Å². The fourth-order valence-corrected chi connectivity index (χ4v) is 1.79. The first-order chi connectivity index (χ1) is 8.06. The summed E-state index contributed by atoms with van der Waals surface area (Å²) in [6.07, 6.45) is -0.655. The normalized spacial score (nSPS) is 24.0. The number of nitrogens with one attached hydrogen (secondary N) is 1. The van der Waals surface area contributed by atoms with Gasteiger partial charge < -0.3 is 25.2 Å². The van der Waals surface area contributed by atoms with Gasteiger partial charge in [-0.2, -0.15) is 0 Å². The number of carboxylic acids is 1. The molecule has 1 heterocycles. The number of hydrogen-bond acceptors (Lipinski definition) is 5. The Kier molecular flexibility index (Phi) is 5.33. The molecule has 0 aliphatic carbocycles. The zero-order valence-electron chi connectivity index (χ0n) is 9.76. The van der Waals surface area contributed by atoms with Gasteiger partial charge in [0.1, 0.15) is 6.04 Å². The SMILES string of the molecule is COCCNCC(=O)N1C[C@@H](O)C[C@H]1C(=O)O. The number of carbonyl (C=O) groups excluding carboxylic acids is 1. The van der Waals surface area contributed by atoms with Gasteiger partial charge in [0.25, 0.3) is 0 Å². The molecule has 0 aromatic heterocycles. The molecular formula is C10H18N2O5. The first-order valence-corrected chi connectivity index (χ1v) is 5.46. The van der Waals surface area contributed by atoms with Crippen molar-refractivity contribution in [2.75, 3.05) is 33.4 Å². The quantitative estimate of drug-likeness (QED) is 0.482. The first kappa shape index (κ1) is 13.9. The van der Waals surface area contributed by atoms with E-state index in [4.69, 9.17) is 9.84 Å². The Balaban J connectivity index is 2.41. The second-order valence-electron chi connectivity index (χ2n) is 3.96. The van der Waals surface area contributed by atoms with Gasteiger partial charge >= 0.3 is 5.97 Å². The van der Waals surface area contributed by atoms with Crippen molar-refractivity contribution in [2.24, 2.45) is 0 Å². The molecule has 1 amide bonds. The lowest BCUT2D eigenvalue weighted by molar-refractivity contribution is -0.147. The maximum atomic E-state index is 11.7. The number of carbonyl (C=O) groups is 2. The Bertz CT molecular complexity index is 284. The summed E-state index contributed by atoms with van der Waals surface area (Å²) in [5.74, 6) is -1.39. The summed E-state index contributed by atoms with van der Waals surface area (Å²) >= 11 is 0. The van der Waals surface area contributed by atoms with Gasteiger partial charge in [0.15, 0.2) is 0 Å². The van der Waals surface area contributed by atoms with E-state index in [-0.39, 0.29) is 25.4 Å². The van der Waals surface area contributed by atoms with Gasteiger partial charge in [0.05, 0.1) is 19.3 Å². The number of aliphatic hydroxyl groups excluding tert-OH is 1. The molecule has 1 fully saturated rings. The number of hydrogen-bond donors (Lipinski definition) is 3. The number of ether oxygens (including phenoxy) is 1. The van der Waals surface area contributed by atoms with Crippen molar-refractivity contribution in [2.45, 2.75) is 18.6 Å². The van der Waals surface area contributed by atoms with E-state index in [1.807, 2.05) is 0 Å². The first-order valence-electron chi connectivity index (χ1n) is 5.46. The van der Waals surface area contributed by atoms with Gasteiger partial charge in [0, 0.05) is 26.6 Å². The lowest BCUT2D eigenvalue weighted by Crippen LogP contribution is -2.45. The largest absolute Gasteiger partial charge is 0.480 e. The number of likely N-dealkylation sites (tertiary alicyclic amines) is 1. The number of nitrogens with zero attached hydrogens (tertiary/aromatic N) is 1. The predicted molar refractivity (Wildman–Crippen MR) is 58.5 cm³/mol. The van der Waals surface area contributed by atoms with Crippen LogP contribution < -0.4 is 5.32 Å². The number of β-amino-alcohol motifs (C(OH)–C–C–N with tert-alkyl or cyclic N) is 1. The van der Waals surface area contributed by atoms with Crippen LogP contribution in [0.1, 0.15) is 6.42 Å². The maximum absolute atomic E-state index is 11.7. The number of aliphatic hydroxyl groups is 1. The summed E-state index contributed by atoms with van der Waals surface area (Å²) < 4.78 is 4.80. The lowest BCUT2D eigenvalue weighted by atomic mass is 10.2. The summed E-state index contributed by atoms with van der Waals surface area (Å²) in [5.41, 5.74) is 0. The molecule has 3 N–H and O–H groups in total. The molecule has 0 radical (unpaired) electrons. The molecule has 2 atom stereocenters. The van der Waals surface area contributed by atoms with Crippen LogP contribution in [0.15, 0.2) is 0 Å². The van der Waals surface area contributed by atoms with E-state index in [1.54, 1.807) is 7.11 Å². The average Bonchev–Trinajstić information content (AvgIpc) is 2.66. The van der Waals surface area contributed by atoms with Crippen molar-refractivity contribution >= 4 is 11.9 Å². The highest BCUT2D eigenvalue weighted by Gasteiger charge is 2.38. The zero-order chi connectivity index (χ0) is 12.8. The Hall–Kier alpha value is -1.18. The van der Waals surface area contributed by atoms with Crippen molar-refractivity contribution in [3.63, 3.8) is 0 Å². The zero-order valence-corrected chi connectivity index (χ0v) is 9.76. The minimum Gasteiger partial charge on any atom is -0.480 e. The molecule has 1 aliphatic heterocycles. The lowest BCUT2D eigenvalue weighted by Gasteiger charge is -2.21. The van der Waals surface area contributed by atoms with E-state index >= 15 is 0 Å². The summed E-state index contributed by atoms with van der Waals surface area (Å²) in [4.78, 5) is 23.8. The number of methoxy groups -OCH3 is 1. The minimum absolute atomic E-state index is 0.0554. The van der Waals surface area contributed by atoms with Gasteiger partial charge in [-0.25, -0.2) is 4.79 Å². The van der Waals surface area contributed by atoms with Crippen molar-refractivity contribution in [3.8, 4) is 0 Å². The van der Waals surface area contributed by atoms with E-state index in [0.29, 0.717) is 13.2 Å². The monoisotopic (exact) mass is 246 g/mol. The molecule has 0 saturated carbocycles. The molecule has 0 spiro atoms. The van der Waals surface area contributed by atoms with E-state index in [0.717, 1.165) is 0 Å². The van der Waals surface area contributed by atoms with E-state index < -0.39 is 18.1 Å². The molecular weight excluding hydrogens is 228 g/mol. The molecule has 0 aromatic carbocycles. The van der Waals surface area contributed by atoms with Crippen LogP contribution in [0.4, 0.5) is 0 Å². The third-order valence-electron chi connectivity index (χ3n) is 2.64. The molecule has 1 aliphatic rings. The van der Waals surface area contributed by atoms with Crippen LogP contribution >= 0.6 is 0 Å². The minimum atomic E-state index is -1.08. The molecule has 1 saturated heterocycles. The molecule has 0 unspecified atom stereocenters. The van der Waals surface area contributed by atoms with Crippen LogP contribution in [0.2, 0.25) is 0 Å². The van der Waals surface area contributed by atoms with Crippen molar-refractivity contribution in [3.05, 3.63) is 0 Å². The molecule has 17 heavy (non-hydrogen) atoms. The average molecular weight is 246 g/mol. The van der Waals surface area contributed by atoms with Crippen LogP contribution in [0.5, 0.6) is 0 Å². The third-order valence-corrected chi connectivity index (χ3v) is 2.64. The summed E-state index contributed by atoms with van der Waals surface area (Å²) in [6, 6.07) is -0.915. The van der Waals surface area contributed by atoms with Crippen LogP contribution in [0.25, 0.3) is 0 Å². The smallest absolute Gasteiger partial charge is 0.326 e.